The van der Waals surface area contributed by atoms with Gasteiger partial charge in [0.25, 0.3) is 5.82 Å². The molecule has 0 spiro atoms. The van der Waals surface area contributed by atoms with Crippen LogP contribution in [0, 0.1) is 6.92 Å². The minimum atomic E-state index is -4.61. The molecule has 1 fully saturated rings. The molecule has 0 radical (unpaired) electrons. The number of hydrogen-bond acceptors (Lipinski definition) is 7. The Balaban J connectivity index is 1.45. The molecule has 0 saturated carbocycles. The van der Waals surface area contributed by atoms with Gasteiger partial charge in [-0.05, 0) is 25.1 Å². The van der Waals surface area contributed by atoms with E-state index in [-0.39, 0.29) is 11.8 Å². The molecule has 11 heteroatoms. The minimum absolute atomic E-state index is 0.0253. The number of nitrogens with zero attached hydrogens (tertiary/aromatic N) is 7. The summed E-state index contributed by atoms with van der Waals surface area (Å²) in [4.78, 5) is 1.92. The molecular weight excluding hydrogens is 363 g/mol. The van der Waals surface area contributed by atoms with Crippen molar-refractivity contribution >= 4 is 11.5 Å². The first-order valence-corrected chi connectivity index (χ1v) is 8.42. The van der Waals surface area contributed by atoms with E-state index >= 15 is 0 Å². The van der Waals surface area contributed by atoms with Crippen LogP contribution in [0.4, 0.5) is 19.0 Å². The number of fused-ring (bicyclic) bond motifs is 1. The van der Waals surface area contributed by atoms with Crippen molar-refractivity contribution in [2.45, 2.75) is 32.0 Å². The SMILES string of the molecule is Cc1ccc(OC2CCN(c3ccc4nnc(C(F)(F)F)n4n3)CC2)nn1. The van der Waals surface area contributed by atoms with Crippen molar-refractivity contribution in [3.8, 4) is 5.88 Å². The first kappa shape index (κ1) is 17.4. The van der Waals surface area contributed by atoms with Gasteiger partial charge in [0, 0.05) is 32.0 Å². The number of aromatic nitrogens is 6. The van der Waals surface area contributed by atoms with Gasteiger partial charge >= 0.3 is 6.18 Å². The summed E-state index contributed by atoms with van der Waals surface area (Å²) in [5.41, 5.74) is 0.869. The van der Waals surface area contributed by atoms with Gasteiger partial charge in [0.05, 0.1) is 5.69 Å². The van der Waals surface area contributed by atoms with Crippen LogP contribution in [-0.2, 0) is 6.18 Å². The van der Waals surface area contributed by atoms with Crippen LogP contribution in [0.2, 0.25) is 0 Å². The highest BCUT2D eigenvalue weighted by Gasteiger charge is 2.38. The van der Waals surface area contributed by atoms with Crippen molar-refractivity contribution in [3.63, 3.8) is 0 Å². The van der Waals surface area contributed by atoms with Crippen LogP contribution in [0.1, 0.15) is 24.4 Å². The van der Waals surface area contributed by atoms with Crippen molar-refractivity contribution < 1.29 is 17.9 Å². The zero-order chi connectivity index (χ0) is 19.0. The highest BCUT2D eigenvalue weighted by atomic mass is 19.4. The number of aryl methyl sites for hydroxylation is 1. The molecule has 0 amide bonds. The van der Waals surface area contributed by atoms with Crippen LogP contribution in [0.5, 0.6) is 5.88 Å². The topological polar surface area (TPSA) is 81.3 Å². The Labute approximate surface area is 152 Å². The second-order valence-corrected chi connectivity index (χ2v) is 6.30. The molecule has 4 rings (SSSR count). The largest absolute Gasteiger partial charge is 0.473 e. The minimum Gasteiger partial charge on any atom is -0.473 e. The van der Waals surface area contributed by atoms with Crippen molar-refractivity contribution in [2.75, 3.05) is 18.0 Å². The molecule has 3 aromatic rings. The third kappa shape index (κ3) is 3.62. The zero-order valence-corrected chi connectivity index (χ0v) is 14.4. The molecular formula is C16H16F3N7O. The Morgan fingerprint density at radius 3 is 2.44 bits per heavy atom. The van der Waals surface area contributed by atoms with Crippen LogP contribution < -0.4 is 9.64 Å². The van der Waals surface area contributed by atoms with Gasteiger partial charge in [-0.1, -0.05) is 0 Å². The summed E-state index contributed by atoms with van der Waals surface area (Å²) < 4.78 is 45.6. The van der Waals surface area contributed by atoms with E-state index in [2.05, 4.69) is 25.5 Å². The van der Waals surface area contributed by atoms with Crippen molar-refractivity contribution in [1.29, 1.82) is 0 Å². The predicted octanol–water partition coefficient (Wildman–Crippen LogP) is 2.29. The monoisotopic (exact) mass is 379 g/mol. The lowest BCUT2D eigenvalue weighted by Gasteiger charge is -2.32. The Kier molecular flexibility index (Phi) is 4.28. The van der Waals surface area contributed by atoms with E-state index in [1.165, 1.54) is 6.07 Å². The summed E-state index contributed by atoms with van der Waals surface area (Å²) in [5, 5.41) is 18.7. The molecule has 0 unspecified atom stereocenters. The van der Waals surface area contributed by atoms with Crippen molar-refractivity contribution in [3.05, 3.63) is 35.8 Å². The molecule has 4 heterocycles. The van der Waals surface area contributed by atoms with E-state index in [9.17, 15) is 13.2 Å². The Morgan fingerprint density at radius 1 is 1.00 bits per heavy atom. The number of anilines is 1. The summed E-state index contributed by atoms with van der Waals surface area (Å²) in [6, 6.07) is 6.73. The predicted molar refractivity (Wildman–Crippen MR) is 88.4 cm³/mol. The van der Waals surface area contributed by atoms with Gasteiger partial charge in [-0.15, -0.1) is 20.4 Å². The molecule has 1 aliphatic rings. The second-order valence-electron chi connectivity index (χ2n) is 6.30. The standard InChI is InChI=1S/C16H16F3N7O/c1-10-2-5-14(22-20-10)27-11-6-8-25(9-7-11)13-4-3-12-21-23-15(16(17,18)19)26(12)24-13/h2-5,11H,6-9H2,1H3. The van der Waals surface area contributed by atoms with Crippen molar-refractivity contribution in [1.82, 2.24) is 30.0 Å². The van der Waals surface area contributed by atoms with E-state index < -0.39 is 12.0 Å². The number of ether oxygens (including phenoxy) is 1. The summed E-state index contributed by atoms with van der Waals surface area (Å²) >= 11 is 0. The number of alkyl halides is 3. The lowest BCUT2D eigenvalue weighted by atomic mass is 10.1. The maximum Gasteiger partial charge on any atom is 0.453 e. The highest BCUT2D eigenvalue weighted by molar-refractivity contribution is 5.46. The molecule has 0 aromatic carbocycles. The van der Waals surface area contributed by atoms with E-state index in [1.807, 2.05) is 17.9 Å². The van der Waals surface area contributed by atoms with Crippen molar-refractivity contribution in [2.24, 2.45) is 0 Å². The summed E-state index contributed by atoms with van der Waals surface area (Å²) in [7, 11) is 0. The maximum absolute atomic E-state index is 13.0. The third-order valence-corrected chi connectivity index (χ3v) is 4.33. The lowest BCUT2D eigenvalue weighted by molar-refractivity contribution is -0.146. The van der Waals surface area contributed by atoms with Crippen LogP contribution in [0.25, 0.3) is 5.65 Å². The average molecular weight is 379 g/mol. The Bertz CT molecular complexity index is 933. The first-order chi connectivity index (χ1) is 12.9. The van der Waals surface area contributed by atoms with E-state index in [0.717, 1.165) is 10.2 Å². The lowest BCUT2D eigenvalue weighted by Crippen LogP contribution is -2.39. The van der Waals surface area contributed by atoms with Gasteiger partial charge in [0.2, 0.25) is 5.88 Å². The first-order valence-electron chi connectivity index (χ1n) is 8.42. The van der Waals surface area contributed by atoms with Crippen LogP contribution in [-0.4, -0.2) is 49.2 Å². The van der Waals surface area contributed by atoms with Crippen LogP contribution >= 0.6 is 0 Å². The normalized spacial score (nSPS) is 16.1. The van der Waals surface area contributed by atoms with Gasteiger partial charge < -0.3 is 9.64 Å². The van der Waals surface area contributed by atoms with Gasteiger partial charge in [0.15, 0.2) is 5.65 Å². The molecule has 0 atom stereocenters. The number of piperidine rings is 1. The maximum atomic E-state index is 13.0. The molecule has 0 N–H and O–H groups in total. The second kappa shape index (κ2) is 6.63. The molecule has 1 saturated heterocycles. The quantitative estimate of drug-likeness (QED) is 0.691. The van der Waals surface area contributed by atoms with Gasteiger partial charge in [-0.25, -0.2) is 0 Å². The smallest absolute Gasteiger partial charge is 0.453 e. The number of halogens is 3. The van der Waals surface area contributed by atoms with Crippen LogP contribution in [0.3, 0.4) is 0 Å². The summed E-state index contributed by atoms with van der Waals surface area (Å²) in [5.74, 6) is -0.213. The molecule has 27 heavy (non-hydrogen) atoms. The van der Waals surface area contributed by atoms with E-state index in [1.54, 1.807) is 12.1 Å². The fraction of sp³-hybridized carbons (Fsp3) is 0.438. The molecule has 0 bridgehead atoms. The van der Waals surface area contributed by atoms with E-state index in [4.69, 9.17) is 4.74 Å². The molecule has 3 aromatic heterocycles. The molecule has 142 valence electrons. The third-order valence-electron chi connectivity index (χ3n) is 4.33. The van der Waals surface area contributed by atoms with E-state index in [0.29, 0.717) is 37.6 Å². The van der Waals surface area contributed by atoms with Gasteiger partial charge in [-0.2, -0.15) is 22.8 Å². The average Bonchev–Trinajstić information content (AvgIpc) is 3.08. The fourth-order valence-electron chi connectivity index (χ4n) is 2.95. The molecule has 0 aliphatic carbocycles. The van der Waals surface area contributed by atoms with Gasteiger partial charge in [-0.3, -0.25) is 0 Å². The fourth-order valence-corrected chi connectivity index (χ4v) is 2.95. The van der Waals surface area contributed by atoms with Crippen LogP contribution in [0.15, 0.2) is 24.3 Å². The highest BCUT2D eigenvalue weighted by Crippen LogP contribution is 2.28. The Morgan fingerprint density at radius 2 is 1.78 bits per heavy atom. The Hall–Kier alpha value is -2.98. The molecule has 1 aliphatic heterocycles. The molecule has 8 nitrogen and oxygen atoms in total. The number of hydrogen-bond donors (Lipinski definition) is 0. The van der Waals surface area contributed by atoms with Gasteiger partial charge in [0.1, 0.15) is 11.9 Å². The summed E-state index contributed by atoms with van der Waals surface area (Å²) in [6.45, 7) is 3.05. The summed E-state index contributed by atoms with van der Waals surface area (Å²) in [6.07, 6.45) is -3.24. The number of rotatable bonds is 3. The zero-order valence-electron chi connectivity index (χ0n) is 14.4.